The second kappa shape index (κ2) is 8.76. The molecule has 1 unspecified atom stereocenters. The van der Waals surface area contributed by atoms with Crippen LogP contribution in [0, 0.1) is 0 Å². The van der Waals surface area contributed by atoms with E-state index in [9.17, 15) is 4.79 Å². The van der Waals surface area contributed by atoms with Crippen molar-refractivity contribution in [1.29, 1.82) is 0 Å². The number of fused-ring (bicyclic) bond motifs is 3. The number of rotatable bonds is 5. The minimum atomic E-state index is 0.0332. The lowest BCUT2D eigenvalue weighted by Crippen LogP contribution is -2.30. The highest BCUT2D eigenvalue weighted by molar-refractivity contribution is 8.00. The average molecular weight is 474 g/mol. The Morgan fingerprint density at radius 2 is 1.88 bits per heavy atom. The molecule has 166 valence electrons. The molecule has 4 aromatic rings. The number of amides is 1. The molecule has 6 rings (SSSR count). The van der Waals surface area contributed by atoms with Crippen molar-refractivity contribution in [2.45, 2.75) is 36.9 Å². The molecule has 0 saturated carbocycles. The fraction of sp³-hybridized carbons (Fsp3) is 0.280. The van der Waals surface area contributed by atoms with Gasteiger partial charge in [0.2, 0.25) is 5.91 Å². The zero-order valence-electron chi connectivity index (χ0n) is 18.0. The second-order valence-electron chi connectivity index (χ2n) is 8.41. The normalized spacial score (nSPS) is 17.1. The van der Waals surface area contributed by atoms with Gasteiger partial charge in [0.05, 0.1) is 11.8 Å². The minimum Gasteiger partial charge on any atom is -0.349 e. The molecule has 1 amide bonds. The van der Waals surface area contributed by atoms with Crippen LogP contribution in [0.1, 0.15) is 34.7 Å². The third-order valence-corrected chi connectivity index (χ3v) is 8.59. The maximum Gasteiger partial charge on any atom is 0.230 e. The third-order valence-electron chi connectivity index (χ3n) is 6.36. The third kappa shape index (κ3) is 4.09. The Morgan fingerprint density at radius 3 is 2.79 bits per heavy atom. The first-order chi connectivity index (χ1) is 16.2. The average Bonchev–Trinajstić information content (AvgIpc) is 3.47. The van der Waals surface area contributed by atoms with Crippen LogP contribution < -0.4 is 10.2 Å². The number of hydrogen-bond acceptors (Lipinski definition) is 7. The number of thioether (sulfide) groups is 1. The molecule has 2 aromatic carbocycles. The monoisotopic (exact) mass is 473 g/mol. The Morgan fingerprint density at radius 1 is 1.06 bits per heavy atom. The van der Waals surface area contributed by atoms with E-state index >= 15 is 0 Å². The largest absolute Gasteiger partial charge is 0.349 e. The van der Waals surface area contributed by atoms with Crippen LogP contribution in [0.5, 0.6) is 0 Å². The van der Waals surface area contributed by atoms with Crippen LogP contribution in [0.2, 0.25) is 0 Å². The summed E-state index contributed by atoms with van der Waals surface area (Å²) in [6.07, 6.45) is 4.55. The quantitative estimate of drug-likeness (QED) is 0.339. The fourth-order valence-corrected chi connectivity index (χ4v) is 6.62. The van der Waals surface area contributed by atoms with E-state index in [0.717, 1.165) is 47.2 Å². The molecule has 0 fully saturated rings. The van der Waals surface area contributed by atoms with E-state index in [0.29, 0.717) is 11.4 Å². The number of aryl methyl sites for hydroxylation is 1. The first kappa shape index (κ1) is 20.6. The number of nitrogens with zero attached hydrogens (tertiary/aromatic N) is 4. The summed E-state index contributed by atoms with van der Waals surface area (Å²) in [6.45, 7) is 1.80. The van der Waals surface area contributed by atoms with Gasteiger partial charge in [-0.05, 0) is 41.5 Å². The standard InChI is InChI=1S/C25H23N5OS2/c31-21(28-20-10-9-17-6-3-4-8-19(17)20)14-32-24-22-23(26-15-27-24)29-25(33-22)30-12-11-16-5-1-2-7-18(16)13-30/h1-8,15,20H,9-14H2,(H,28,31). The molecule has 0 radical (unpaired) electrons. The van der Waals surface area contributed by atoms with Crippen LogP contribution >= 0.6 is 23.1 Å². The molecule has 2 aromatic heterocycles. The van der Waals surface area contributed by atoms with E-state index in [1.165, 1.54) is 34.0 Å². The molecule has 6 nitrogen and oxygen atoms in total. The number of aromatic nitrogens is 3. The van der Waals surface area contributed by atoms with Gasteiger partial charge >= 0.3 is 0 Å². The van der Waals surface area contributed by atoms with Crippen molar-refractivity contribution in [1.82, 2.24) is 20.3 Å². The summed E-state index contributed by atoms with van der Waals surface area (Å²) in [5.41, 5.74) is 6.06. The minimum absolute atomic E-state index is 0.0332. The molecule has 1 N–H and O–H groups in total. The summed E-state index contributed by atoms with van der Waals surface area (Å²) in [5.74, 6) is 0.362. The molecular formula is C25H23N5OS2. The van der Waals surface area contributed by atoms with E-state index in [1.807, 2.05) is 6.07 Å². The fourth-order valence-electron chi connectivity index (χ4n) is 4.70. The highest BCUT2D eigenvalue weighted by atomic mass is 32.2. The predicted octanol–water partition coefficient (Wildman–Crippen LogP) is 4.54. The summed E-state index contributed by atoms with van der Waals surface area (Å²) in [6, 6.07) is 17.1. The van der Waals surface area contributed by atoms with Crippen molar-refractivity contribution < 1.29 is 4.79 Å². The van der Waals surface area contributed by atoms with Gasteiger partial charge in [-0.1, -0.05) is 71.6 Å². The van der Waals surface area contributed by atoms with Gasteiger partial charge in [-0.15, -0.1) is 0 Å². The molecule has 2 aliphatic rings. The highest BCUT2D eigenvalue weighted by Gasteiger charge is 2.24. The Labute approximate surface area is 200 Å². The van der Waals surface area contributed by atoms with Crippen molar-refractivity contribution >= 4 is 44.5 Å². The zero-order valence-corrected chi connectivity index (χ0v) is 19.7. The molecule has 0 spiro atoms. The lowest BCUT2D eigenvalue weighted by Gasteiger charge is -2.28. The summed E-state index contributed by atoms with van der Waals surface area (Å²) in [7, 11) is 0. The van der Waals surface area contributed by atoms with Crippen LogP contribution in [0.25, 0.3) is 10.3 Å². The predicted molar refractivity (Wildman–Crippen MR) is 133 cm³/mol. The zero-order chi connectivity index (χ0) is 22.2. The van der Waals surface area contributed by atoms with Gasteiger partial charge in [0.1, 0.15) is 16.1 Å². The van der Waals surface area contributed by atoms with Crippen molar-refractivity contribution in [3.05, 3.63) is 77.1 Å². The van der Waals surface area contributed by atoms with Crippen molar-refractivity contribution in [3.8, 4) is 0 Å². The van der Waals surface area contributed by atoms with Gasteiger partial charge in [-0.3, -0.25) is 4.79 Å². The smallest absolute Gasteiger partial charge is 0.230 e. The molecule has 3 heterocycles. The molecular weight excluding hydrogens is 450 g/mol. The highest BCUT2D eigenvalue weighted by Crippen LogP contribution is 2.36. The second-order valence-corrected chi connectivity index (χ2v) is 10.4. The van der Waals surface area contributed by atoms with Crippen molar-refractivity contribution in [2.75, 3.05) is 17.2 Å². The number of thiazole rings is 1. The van der Waals surface area contributed by atoms with E-state index in [-0.39, 0.29) is 11.9 Å². The lowest BCUT2D eigenvalue weighted by molar-refractivity contribution is -0.119. The molecule has 8 heteroatoms. The molecule has 0 saturated heterocycles. The number of anilines is 1. The van der Waals surface area contributed by atoms with Gasteiger partial charge in [0, 0.05) is 13.1 Å². The Hall–Kier alpha value is -2.97. The molecule has 1 atom stereocenters. The van der Waals surface area contributed by atoms with E-state index in [1.54, 1.807) is 17.7 Å². The van der Waals surface area contributed by atoms with E-state index in [4.69, 9.17) is 4.98 Å². The molecule has 1 aliphatic carbocycles. The van der Waals surface area contributed by atoms with Gasteiger partial charge in [0.15, 0.2) is 10.8 Å². The number of carbonyl (C=O) groups excluding carboxylic acids is 1. The lowest BCUT2D eigenvalue weighted by atomic mass is 10.0. The van der Waals surface area contributed by atoms with Crippen LogP contribution in [0.3, 0.4) is 0 Å². The summed E-state index contributed by atoms with van der Waals surface area (Å²) >= 11 is 3.08. The SMILES string of the molecule is O=C(CSc1ncnc2nc(N3CCc4ccccc4C3)sc12)NC1CCc2ccccc21. The van der Waals surface area contributed by atoms with Crippen molar-refractivity contribution in [2.24, 2.45) is 0 Å². The van der Waals surface area contributed by atoms with Gasteiger partial charge in [-0.25, -0.2) is 9.97 Å². The Balaban J connectivity index is 1.15. The summed E-state index contributed by atoms with van der Waals surface area (Å²) in [4.78, 5) is 28.6. The number of carbonyl (C=O) groups is 1. The Bertz CT molecular complexity index is 1340. The van der Waals surface area contributed by atoms with E-state index < -0.39 is 0 Å². The van der Waals surface area contributed by atoms with E-state index in [2.05, 4.69) is 62.6 Å². The van der Waals surface area contributed by atoms with Crippen molar-refractivity contribution in [3.63, 3.8) is 0 Å². The number of hydrogen-bond donors (Lipinski definition) is 1. The van der Waals surface area contributed by atoms with Crippen LogP contribution in [-0.2, 0) is 24.2 Å². The molecule has 1 aliphatic heterocycles. The summed E-state index contributed by atoms with van der Waals surface area (Å²) in [5, 5.41) is 4.98. The first-order valence-electron chi connectivity index (χ1n) is 11.2. The summed E-state index contributed by atoms with van der Waals surface area (Å²) < 4.78 is 0.954. The van der Waals surface area contributed by atoms with Crippen LogP contribution in [0.4, 0.5) is 5.13 Å². The maximum absolute atomic E-state index is 12.7. The Kier molecular flexibility index (Phi) is 5.47. The molecule has 33 heavy (non-hydrogen) atoms. The topological polar surface area (TPSA) is 71.0 Å². The van der Waals surface area contributed by atoms with Gasteiger partial charge < -0.3 is 10.2 Å². The van der Waals surface area contributed by atoms with Gasteiger partial charge in [-0.2, -0.15) is 4.98 Å². The first-order valence-corrected chi connectivity index (χ1v) is 13.0. The van der Waals surface area contributed by atoms with Crippen LogP contribution in [0.15, 0.2) is 59.9 Å². The number of benzene rings is 2. The van der Waals surface area contributed by atoms with Gasteiger partial charge in [0.25, 0.3) is 0 Å². The maximum atomic E-state index is 12.7. The molecule has 0 bridgehead atoms. The van der Waals surface area contributed by atoms with Crippen LogP contribution in [-0.4, -0.2) is 33.2 Å². The number of nitrogens with one attached hydrogen (secondary N) is 1.